The fourth-order valence-corrected chi connectivity index (χ4v) is 2.27. The monoisotopic (exact) mass is 336 g/mol. The van der Waals surface area contributed by atoms with Gasteiger partial charge in [0.2, 0.25) is 11.7 Å². The maximum atomic E-state index is 12.4. The Bertz CT molecular complexity index is 774. The van der Waals surface area contributed by atoms with Gasteiger partial charge in [-0.3, -0.25) is 9.59 Å². The molecule has 2 aromatic rings. The maximum Gasteiger partial charge on any atom is 0.224 e. The molecule has 0 fully saturated rings. The number of benzene rings is 2. The molecule has 1 N–H and O–H groups in total. The van der Waals surface area contributed by atoms with E-state index < -0.39 is 6.10 Å². The van der Waals surface area contributed by atoms with E-state index in [0.29, 0.717) is 29.0 Å². The summed E-state index contributed by atoms with van der Waals surface area (Å²) in [6.45, 7) is 3.62. The van der Waals surface area contributed by atoms with Gasteiger partial charge in [0.15, 0.2) is 6.10 Å². The van der Waals surface area contributed by atoms with Crippen LogP contribution in [0.4, 0.5) is 5.69 Å². The molecule has 1 atom stereocenters. The van der Waals surface area contributed by atoms with E-state index in [9.17, 15) is 9.59 Å². The van der Waals surface area contributed by atoms with Gasteiger partial charge in [-0.1, -0.05) is 6.92 Å². The molecule has 0 aliphatic heterocycles. The van der Waals surface area contributed by atoms with Crippen molar-refractivity contribution in [2.45, 2.75) is 32.8 Å². The minimum atomic E-state index is -0.659. The lowest BCUT2D eigenvalue weighted by Gasteiger charge is -2.14. The molecule has 2 aromatic carbocycles. The van der Waals surface area contributed by atoms with Crippen LogP contribution in [0.5, 0.6) is 5.75 Å². The summed E-state index contributed by atoms with van der Waals surface area (Å²) in [5.74, 6) is 0.332. The van der Waals surface area contributed by atoms with E-state index >= 15 is 0 Å². The average molecular weight is 336 g/mol. The molecule has 128 valence electrons. The molecular formula is C20H20N2O3. The Kier molecular flexibility index (Phi) is 6.30. The molecule has 0 spiro atoms. The van der Waals surface area contributed by atoms with Crippen molar-refractivity contribution >= 4 is 17.4 Å². The van der Waals surface area contributed by atoms with E-state index in [2.05, 4.69) is 5.32 Å². The normalized spacial score (nSPS) is 11.2. The first-order valence-electron chi connectivity index (χ1n) is 8.14. The highest BCUT2D eigenvalue weighted by Crippen LogP contribution is 2.17. The summed E-state index contributed by atoms with van der Waals surface area (Å²) in [6.07, 6.45) is 0.594. The molecule has 0 aliphatic carbocycles. The Hall–Kier alpha value is -3.13. The fourth-order valence-electron chi connectivity index (χ4n) is 2.27. The first kappa shape index (κ1) is 18.2. The molecule has 0 saturated heterocycles. The summed E-state index contributed by atoms with van der Waals surface area (Å²) in [4.78, 5) is 24.0. The van der Waals surface area contributed by atoms with Gasteiger partial charge in [0.05, 0.1) is 11.6 Å². The van der Waals surface area contributed by atoms with Gasteiger partial charge in [-0.2, -0.15) is 5.26 Å². The fraction of sp³-hybridized carbons (Fsp3) is 0.250. The van der Waals surface area contributed by atoms with E-state index in [1.165, 1.54) is 0 Å². The lowest BCUT2D eigenvalue weighted by Crippen LogP contribution is -2.23. The molecule has 0 aromatic heterocycles. The van der Waals surface area contributed by atoms with Crippen LogP contribution in [-0.4, -0.2) is 17.8 Å². The van der Waals surface area contributed by atoms with Gasteiger partial charge in [-0.15, -0.1) is 0 Å². The van der Waals surface area contributed by atoms with Crippen LogP contribution < -0.4 is 10.1 Å². The molecule has 0 unspecified atom stereocenters. The lowest BCUT2D eigenvalue weighted by atomic mass is 10.1. The number of anilines is 1. The third kappa shape index (κ3) is 5.18. The van der Waals surface area contributed by atoms with Crippen molar-refractivity contribution in [3.63, 3.8) is 0 Å². The molecule has 1 amide bonds. The second-order valence-electron chi connectivity index (χ2n) is 5.64. The zero-order valence-corrected chi connectivity index (χ0v) is 14.3. The zero-order valence-electron chi connectivity index (χ0n) is 14.3. The number of hydrogen-bond acceptors (Lipinski definition) is 4. The van der Waals surface area contributed by atoms with Crippen molar-refractivity contribution in [1.29, 1.82) is 5.26 Å². The van der Waals surface area contributed by atoms with Crippen LogP contribution in [0.3, 0.4) is 0 Å². The second kappa shape index (κ2) is 8.65. The number of rotatable bonds is 7. The highest BCUT2D eigenvalue weighted by molar-refractivity contribution is 6.00. The van der Waals surface area contributed by atoms with Gasteiger partial charge < -0.3 is 10.1 Å². The number of nitrogens with one attached hydrogen (secondary N) is 1. The van der Waals surface area contributed by atoms with Crippen LogP contribution in [0.1, 0.15) is 42.6 Å². The first-order valence-corrected chi connectivity index (χ1v) is 8.14. The van der Waals surface area contributed by atoms with Crippen LogP contribution in [0.2, 0.25) is 0 Å². The van der Waals surface area contributed by atoms with Crippen molar-refractivity contribution in [3.05, 3.63) is 59.7 Å². The Morgan fingerprint density at radius 3 is 2.32 bits per heavy atom. The summed E-state index contributed by atoms with van der Waals surface area (Å²) in [7, 11) is 0. The van der Waals surface area contributed by atoms with E-state index in [1.807, 2.05) is 13.0 Å². The quantitative estimate of drug-likeness (QED) is 0.777. The smallest absolute Gasteiger partial charge is 0.224 e. The minimum absolute atomic E-state index is 0.0425. The van der Waals surface area contributed by atoms with Crippen molar-refractivity contribution < 1.29 is 14.3 Å². The van der Waals surface area contributed by atoms with Crippen LogP contribution in [0.15, 0.2) is 48.5 Å². The second-order valence-corrected chi connectivity index (χ2v) is 5.64. The number of carbonyl (C=O) groups is 2. The Labute approximate surface area is 147 Å². The number of hydrogen-bond donors (Lipinski definition) is 1. The van der Waals surface area contributed by atoms with Crippen molar-refractivity contribution in [1.82, 2.24) is 0 Å². The SMILES string of the molecule is CCCC(=O)Nc1ccc(C(=O)[C@H](C)Oc2ccc(C#N)cc2)cc1. The highest BCUT2D eigenvalue weighted by atomic mass is 16.5. The number of Topliss-reactive ketones (excluding diaryl/α,β-unsaturated/α-hetero) is 1. The van der Waals surface area contributed by atoms with Gasteiger partial charge >= 0.3 is 0 Å². The third-order valence-corrected chi connectivity index (χ3v) is 3.60. The largest absolute Gasteiger partial charge is 0.483 e. The standard InChI is InChI=1S/C20H20N2O3/c1-3-4-19(23)22-17-9-7-16(8-10-17)20(24)14(2)25-18-11-5-15(13-21)6-12-18/h5-12,14H,3-4H2,1-2H3,(H,22,23)/t14-/m0/s1. The number of nitriles is 1. The number of ether oxygens (including phenoxy) is 1. The minimum Gasteiger partial charge on any atom is -0.483 e. The molecule has 0 radical (unpaired) electrons. The number of ketones is 1. The predicted octanol–water partition coefficient (Wildman–Crippen LogP) is 3.95. The van der Waals surface area contributed by atoms with Gasteiger partial charge in [-0.25, -0.2) is 0 Å². The Balaban J connectivity index is 1.98. The lowest BCUT2D eigenvalue weighted by molar-refractivity contribution is -0.116. The predicted molar refractivity (Wildman–Crippen MR) is 95.6 cm³/mol. The van der Waals surface area contributed by atoms with Crippen molar-refractivity contribution in [3.8, 4) is 11.8 Å². The van der Waals surface area contributed by atoms with Crippen molar-refractivity contribution in [2.75, 3.05) is 5.32 Å². The molecular weight excluding hydrogens is 316 g/mol. The zero-order chi connectivity index (χ0) is 18.2. The summed E-state index contributed by atoms with van der Waals surface area (Å²) >= 11 is 0. The summed E-state index contributed by atoms with van der Waals surface area (Å²) in [5, 5.41) is 11.6. The van der Waals surface area contributed by atoms with Crippen LogP contribution >= 0.6 is 0 Å². The molecule has 2 rings (SSSR count). The van der Waals surface area contributed by atoms with Gasteiger partial charge in [0.25, 0.3) is 0 Å². The molecule has 0 aliphatic rings. The topological polar surface area (TPSA) is 79.2 Å². The summed E-state index contributed by atoms with van der Waals surface area (Å²) < 4.78 is 5.63. The molecule has 0 heterocycles. The highest BCUT2D eigenvalue weighted by Gasteiger charge is 2.17. The van der Waals surface area contributed by atoms with Crippen LogP contribution in [-0.2, 0) is 4.79 Å². The number of carbonyl (C=O) groups excluding carboxylic acids is 2. The van der Waals surface area contributed by atoms with Crippen LogP contribution in [0.25, 0.3) is 0 Å². The van der Waals surface area contributed by atoms with Crippen molar-refractivity contribution in [2.24, 2.45) is 0 Å². The van der Waals surface area contributed by atoms with E-state index in [1.54, 1.807) is 55.5 Å². The number of nitrogens with zero attached hydrogens (tertiary/aromatic N) is 1. The van der Waals surface area contributed by atoms with Gasteiger partial charge in [-0.05, 0) is 61.9 Å². The molecule has 25 heavy (non-hydrogen) atoms. The number of amides is 1. The first-order chi connectivity index (χ1) is 12.0. The van der Waals surface area contributed by atoms with Crippen LogP contribution in [0, 0.1) is 11.3 Å². The average Bonchev–Trinajstić information content (AvgIpc) is 2.62. The molecule has 5 heteroatoms. The Morgan fingerprint density at radius 2 is 1.76 bits per heavy atom. The van der Waals surface area contributed by atoms with E-state index in [4.69, 9.17) is 10.00 Å². The van der Waals surface area contributed by atoms with E-state index in [0.717, 1.165) is 6.42 Å². The molecule has 5 nitrogen and oxygen atoms in total. The summed E-state index contributed by atoms with van der Waals surface area (Å²) in [5.41, 5.74) is 1.71. The summed E-state index contributed by atoms with van der Waals surface area (Å²) in [6, 6.07) is 15.4. The van der Waals surface area contributed by atoms with Gasteiger partial charge in [0.1, 0.15) is 5.75 Å². The Morgan fingerprint density at radius 1 is 1.12 bits per heavy atom. The molecule has 0 bridgehead atoms. The van der Waals surface area contributed by atoms with Gasteiger partial charge in [0, 0.05) is 17.7 Å². The van der Waals surface area contributed by atoms with E-state index in [-0.39, 0.29) is 11.7 Å². The third-order valence-electron chi connectivity index (χ3n) is 3.60. The molecule has 0 saturated carbocycles. The maximum absolute atomic E-state index is 12.4.